The lowest BCUT2D eigenvalue weighted by molar-refractivity contribution is -0.226. The van der Waals surface area contributed by atoms with Crippen LogP contribution in [0.4, 0.5) is 0 Å². The third-order valence-corrected chi connectivity index (χ3v) is 3.81. The van der Waals surface area contributed by atoms with E-state index in [0.29, 0.717) is 25.7 Å². The Bertz CT molecular complexity index is 281. The summed E-state index contributed by atoms with van der Waals surface area (Å²) in [6, 6.07) is 0. The van der Waals surface area contributed by atoms with Gasteiger partial charge in [0, 0.05) is 6.42 Å². The average Bonchev–Trinajstić information content (AvgIpc) is 2.75. The van der Waals surface area contributed by atoms with E-state index in [0.717, 1.165) is 18.4 Å². The van der Waals surface area contributed by atoms with Crippen molar-refractivity contribution in [2.24, 2.45) is 11.8 Å². The molecule has 0 bridgehead atoms. The summed E-state index contributed by atoms with van der Waals surface area (Å²) in [7, 11) is 0. The summed E-state index contributed by atoms with van der Waals surface area (Å²) < 4.78 is 17.5. The summed E-state index contributed by atoms with van der Waals surface area (Å²) in [4.78, 5) is 0. The van der Waals surface area contributed by atoms with E-state index < -0.39 is 5.79 Å². The highest BCUT2D eigenvalue weighted by Gasteiger charge is 2.55. The Balaban J connectivity index is 1.93. The zero-order valence-electron chi connectivity index (χ0n) is 9.20. The molecule has 3 rings (SSSR count). The zero-order chi connectivity index (χ0) is 10.5. The van der Waals surface area contributed by atoms with Gasteiger partial charge in [-0.3, -0.25) is 0 Å². The molecule has 0 N–H and O–H groups in total. The number of hydrogen-bond acceptors (Lipinski definition) is 3. The minimum atomic E-state index is -0.407. The van der Waals surface area contributed by atoms with E-state index in [1.54, 1.807) is 0 Å². The van der Waals surface area contributed by atoms with Crippen LogP contribution >= 0.6 is 0 Å². The lowest BCUT2D eigenvalue weighted by Crippen LogP contribution is -2.49. The Labute approximate surface area is 90.4 Å². The van der Waals surface area contributed by atoms with Gasteiger partial charge in [-0.15, -0.1) is 0 Å². The quantitative estimate of drug-likeness (QED) is 0.570. The van der Waals surface area contributed by atoms with Gasteiger partial charge in [-0.25, -0.2) is 0 Å². The van der Waals surface area contributed by atoms with Crippen LogP contribution in [0.2, 0.25) is 0 Å². The van der Waals surface area contributed by atoms with Crippen LogP contribution in [-0.2, 0) is 14.2 Å². The lowest BCUT2D eigenvalue weighted by atomic mass is 9.74. The number of ether oxygens (including phenoxy) is 3. The van der Waals surface area contributed by atoms with E-state index in [-0.39, 0.29) is 12.0 Å². The van der Waals surface area contributed by atoms with Gasteiger partial charge < -0.3 is 14.2 Å². The van der Waals surface area contributed by atoms with Gasteiger partial charge in [-0.1, -0.05) is 13.5 Å². The van der Waals surface area contributed by atoms with Gasteiger partial charge in [0.05, 0.1) is 31.8 Å². The van der Waals surface area contributed by atoms with Gasteiger partial charge in [-0.2, -0.15) is 0 Å². The Hall–Kier alpha value is -0.380. The van der Waals surface area contributed by atoms with E-state index in [2.05, 4.69) is 13.5 Å². The topological polar surface area (TPSA) is 27.7 Å². The molecule has 0 amide bonds. The normalized spacial score (nSPS) is 43.5. The maximum absolute atomic E-state index is 5.87. The maximum atomic E-state index is 5.87. The van der Waals surface area contributed by atoms with E-state index >= 15 is 0 Å². The second-order valence-corrected chi connectivity index (χ2v) is 5.04. The molecule has 1 saturated carbocycles. The van der Waals surface area contributed by atoms with Crippen LogP contribution in [0.15, 0.2) is 12.2 Å². The van der Waals surface area contributed by atoms with Crippen molar-refractivity contribution >= 4 is 0 Å². The Morgan fingerprint density at radius 3 is 2.80 bits per heavy atom. The molecule has 0 aromatic rings. The molecule has 3 fully saturated rings. The van der Waals surface area contributed by atoms with E-state index in [1.807, 2.05) is 0 Å². The molecule has 3 heteroatoms. The Kier molecular flexibility index (Phi) is 2.16. The molecule has 3 atom stereocenters. The molecule has 2 heterocycles. The molecular weight excluding hydrogens is 192 g/mol. The predicted octanol–water partition coefficient (Wildman–Crippen LogP) is 1.73. The molecule has 0 aromatic carbocycles. The van der Waals surface area contributed by atoms with Crippen molar-refractivity contribution in [2.75, 3.05) is 19.8 Å². The highest BCUT2D eigenvalue weighted by atomic mass is 16.7. The fourth-order valence-electron chi connectivity index (χ4n) is 3.32. The fraction of sp³-hybridized carbons (Fsp3) is 0.833. The van der Waals surface area contributed by atoms with Crippen LogP contribution in [0.25, 0.3) is 0 Å². The van der Waals surface area contributed by atoms with Gasteiger partial charge in [0.1, 0.15) is 0 Å². The summed E-state index contributed by atoms with van der Waals surface area (Å²) >= 11 is 0. The van der Waals surface area contributed by atoms with Crippen molar-refractivity contribution in [1.29, 1.82) is 0 Å². The molecule has 1 spiro atoms. The summed E-state index contributed by atoms with van der Waals surface area (Å²) in [5, 5.41) is 0. The van der Waals surface area contributed by atoms with Crippen LogP contribution in [0.3, 0.4) is 0 Å². The summed E-state index contributed by atoms with van der Waals surface area (Å²) in [5.41, 5.74) is 1.15. The fourth-order valence-corrected chi connectivity index (χ4v) is 3.32. The number of hydrogen-bond donors (Lipinski definition) is 0. The Morgan fingerprint density at radius 1 is 1.33 bits per heavy atom. The molecule has 3 nitrogen and oxygen atoms in total. The zero-order valence-corrected chi connectivity index (χ0v) is 9.20. The molecule has 84 valence electrons. The van der Waals surface area contributed by atoms with Crippen LogP contribution in [0, 0.1) is 11.8 Å². The van der Waals surface area contributed by atoms with Gasteiger partial charge in [0.15, 0.2) is 5.79 Å². The predicted molar refractivity (Wildman–Crippen MR) is 55.4 cm³/mol. The van der Waals surface area contributed by atoms with Crippen molar-refractivity contribution in [1.82, 2.24) is 0 Å². The first-order valence-corrected chi connectivity index (χ1v) is 5.78. The highest BCUT2D eigenvalue weighted by molar-refractivity contribution is 5.17. The first-order chi connectivity index (χ1) is 7.21. The molecule has 2 saturated heterocycles. The van der Waals surface area contributed by atoms with Crippen LogP contribution in [0.1, 0.15) is 19.8 Å². The Morgan fingerprint density at radius 2 is 2.07 bits per heavy atom. The molecular formula is C12H18O3. The summed E-state index contributed by atoms with van der Waals surface area (Å²) in [6.07, 6.45) is 2.36. The van der Waals surface area contributed by atoms with Crippen molar-refractivity contribution < 1.29 is 14.2 Å². The van der Waals surface area contributed by atoms with E-state index in [1.165, 1.54) is 0 Å². The molecule has 0 radical (unpaired) electrons. The minimum Gasteiger partial charge on any atom is -0.373 e. The molecule has 2 unspecified atom stereocenters. The molecule has 15 heavy (non-hydrogen) atoms. The van der Waals surface area contributed by atoms with Gasteiger partial charge in [0.2, 0.25) is 0 Å². The number of rotatable bonds is 0. The first kappa shape index (κ1) is 9.82. The van der Waals surface area contributed by atoms with Crippen molar-refractivity contribution in [3.05, 3.63) is 12.2 Å². The van der Waals surface area contributed by atoms with Crippen molar-refractivity contribution in [2.45, 2.75) is 31.7 Å². The van der Waals surface area contributed by atoms with Crippen LogP contribution in [0.5, 0.6) is 0 Å². The number of fused-ring (bicyclic) bond motifs is 2. The maximum Gasteiger partial charge on any atom is 0.177 e. The van der Waals surface area contributed by atoms with Crippen molar-refractivity contribution in [3.8, 4) is 0 Å². The second-order valence-electron chi connectivity index (χ2n) is 5.04. The molecule has 2 aliphatic heterocycles. The van der Waals surface area contributed by atoms with Gasteiger partial charge in [-0.05, 0) is 17.9 Å². The highest BCUT2D eigenvalue weighted by Crippen LogP contribution is 2.49. The average molecular weight is 210 g/mol. The SMILES string of the molecule is C=C1COC2C[C@H](C)CC3(OCCO3)C12. The summed E-state index contributed by atoms with van der Waals surface area (Å²) in [5.74, 6) is 0.460. The smallest absolute Gasteiger partial charge is 0.177 e. The van der Waals surface area contributed by atoms with Gasteiger partial charge >= 0.3 is 0 Å². The third-order valence-electron chi connectivity index (χ3n) is 3.81. The third kappa shape index (κ3) is 1.37. The molecule has 3 aliphatic rings. The van der Waals surface area contributed by atoms with Crippen LogP contribution < -0.4 is 0 Å². The molecule has 0 aromatic heterocycles. The van der Waals surface area contributed by atoms with Crippen molar-refractivity contribution in [3.63, 3.8) is 0 Å². The standard InChI is InChI=1S/C12H18O3/c1-8-5-10-11(9(2)7-13-10)12(6-8)14-3-4-15-12/h8,10-11H,2-7H2,1H3/t8-,10?,11?/m0/s1. The largest absolute Gasteiger partial charge is 0.373 e. The first-order valence-electron chi connectivity index (χ1n) is 5.78. The van der Waals surface area contributed by atoms with E-state index in [9.17, 15) is 0 Å². The monoisotopic (exact) mass is 210 g/mol. The molecule has 1 aliphatic carbocycles. The summed E-state index contributed by atoms with van der Waals surface area (Å²) in [6.45, 7) is 8.44. The van der Waals surface area contributed by atoms with Gasteiger partial charge in [0.25, 0.3) is 0 Å². The van der Waals surface area contributed by atoms with Crippen LogP contribution in [-0.4, -0.2) is 31.7 Å². The second kappa shape index (κ2) is 3.30. The minimum absolute atomic E-state index is 0.260. The van der Waals surface area contributed by atoms with E-state index in [4.69, 9.17) is 14.2 Å². The lowest BCUT2D eigenvalue weighted by Gasteiger charge is -2.43.